The Balaban J connectivity index is 1.71. The smallest absolute Gasteiger partial charge is 0.244 e. The molecule has 1 fully saturated rings. The minimum absolute atomic E-state index is 0.0837. The number of rotatable bonds is 5. The Labute approximate surface area is 142 Å². The predicted molar refractivity (Wildman–Crippen MR) is 92.3 cm³/mol. The zero-order chi connectivity index (χ0) is 17.0. The van der Waals surface area contributed by atoms with E-state index in [0.717, 1.165) is 5.56 Å². The van der Waals surface area contributed by atoms with Crippen LogP contribution in [0.5, 0.6) is 0 Å². The van der Waals surface area contributed by atoms with E-state index in [1.54, 1.807) is 12.1 Å². The summed E-state index contributed by atoms with van der Waals surface area (Å²) in [6.07, 6.45) is 1.41. The number of nitrogens with one attached hydrogen (secondary N) is 1. The lowest BCUT2D eigenvalue weighted by atomic mass is 10.1. The molecule has 2 heterocycles. The third-order valence-electron chi connectivity index (χ3n) is 4.01. The first-order chi connectivity index (χ1) is 11.6. The quantitative estimate of drug-likeness (QED) is 0.898. The van der Waals surface area contributed by atoms with Gasteiger partial charge in [0.15, 0.2) is 0 Å². The van der Waals surface area contributed by atoms with Crippen molar-refractivity contribution in [2.75, 3.05) is 31.6 Å². The molecule has 1 aromatic carbocycles. The topological polar surface area (TPSA) is 71.5 Å². The van der Waals surface area contributed by atoms with Crippen molar-refractivity contribution < 1.29 is 13.2 Å². The molecule has 0 unspecified atom stereocenters. The highest BCUT2D eigenvalue weighted by molar-refractivity contribution is 7.89. The SMILES string of the molecule is C[C@@H](Nc1ccc(S(=O)(=O)N2CCOCC2)cn1)c1ccccc1. The van der Waals surface area contributed by atoms with Crippen molar-refractivity contribution in [2.45, 2.75) is 17.9 Å². The number of hydrogen-bond acceptors (Lipinski definition) is 5. The molecule has 1 aliphatic heterocycles. The summed E-state index contributed by atoms with van der Waals surface area (Å²) in [5, 5.41) is 3.28. The molecule has 0 amide bonds. The molecule has 1 N–H and O–H groups in total. The molecule has 3 rings (SSSR count). The highest BCUT2D eigenvalue weighted by Crippen LogP contribution is 2.20. The van der Waals surface area contributed by atoms with Crippen molar-refractivity contribution >= 4 is 15.8 Å². The third kappa shape index (κ3) is 3.75. The number of nitrogens with zero attached hydrogens (tertiary/aromatic N) is 2. The predicted octanol–water partition coefficient (Wildman–Crippen LogP) is 2.28. The highest BCUT2D eigenvalue weighted by Gasteiger charge is 2.26. The molecule has 6 nitrogen and oxygen atoms in total. The van der Waals surface area contributed by atoms with Gasteiger partial charge in [-0.25, -0.2) is 13.4 Å². The van der Waals surface area contributed by atoms with Crippen LogP contribution >= 0.6 is 0 Å². The first-order valence-corrected chi connectivity index (χ1v) is 9.37. The molecule has 7 heteroatoms. The van der Waals surface area contributed by atoms with Crippen LogP contribution in [0.1, 0.15) is 18.5 Å². The number of morpholine rings is 1. The zero-order valence-corrected chi connectivity index (χ0v) is 14.4. The maximum absolute atomic E-state index is 12.6. The lowest BCUT2D eigenvalue weighted by Crippen LogP contribution is -2.40. The number of ether oxygens (including phenoxy) is 1. The molecule has 1 aliphatic rings. The van der Waals surface area contributed by atoms with Crippen LogP contribution in [-0.2, 0) is 14.8 Å². The second-order valence-electron chi connectivity index (χ2n) is 5.67. The fourth-order valence-corrected chi connectivity index (χ4v) is 3.96. The van der Waals surface area contributed by atoms with Gasteiger partial charge in [0.25, 0.3) is 0 Å². The summed E-state index contributed by atoms with van der Waals surface area (Å²) in [4.78, 5) is 4.47. The lowest BCUT2D eigenvalue weighted by Gasteiger charge is -2.26. The maximum Gasteiger partial charge on any atom is 0.244 e. The third-order valence-corrected chi connectivity index (χ3v) is 5.89. The summed E-state index contributed by atoms with van der Waals surface area (Å²) in [5.41, 5.74) is 1.14. The Kier molecular flexibility index (Phi) is 5.13. The Hall–Kier alpha value is -1.96. The van der Waals surface area contributed by atoms with E-state index in [9.17, 15) is 8.42 Å². The van der Waals surface area contributed by atoms with Crippen LogP contribution in [0.25, 0.3) is 0 Å². The molecule has 1 saturated heterocycles. The highest BCUT2D eigenvalue weighted by atomic mass is 32.2. The average Bonchev–Trinajstić information content (AvgIpc) is 2.63. The Bertz CT molecular complexity index is 757. The van der Waals surface area contributed by atoms with E-state index in [1.807, 2.05) is 37.3 Å². The van der Waals surface area contributed by atoms with Crippen LogP contribution < -0.4 is 5.32 Å². The number of sulfonamides is 1. The fourth-order valence-electron chi connectivity index (χ4n) is 2.60. The molecule has 0 radical (unpaired) electrons. The summed E-state index contributed by atoms with van der Waals surface area (Å²) in [7, 11) is -3.50. The lowest BCUT2D eigenvalue weighted by molar-refractivity contribution is 0.0730. The molecular formula is C17H21N3O3S. The Morgan fingerprint density at radius 2 is 1.83 bits per heavy atom. The first-order valence-electron chi connectivity index (χ1n) is 7.93. The number of anilines is 1. The minimum atomic E-state index is -3.50. The molecule has 0 saturated carbocycles. The van der Waals surface area contributed by atoms with E-state index in [0.29, 0.717) is 32.1 Å². The minimum Gasteiger partial charge on any atom is -0.379 e. The molecule has 0 spiro atoms. The van der Waals surface area contributed by atoms with Crippen molar-refractivity contribution in [1.82, 2.24) is 9.29 Å². The van der Waals surface area contributed by atoms with Gasteiger partial charge in [-0.2, -0.15) is 4.31 Å². The molecule has 2 aromatic rings. The maximum atomic E-state index is 12.6. The van der Waals surface area contributed by atoms with Crippen LogP contribution in [0.2, 0.25) is 0 Å². The molecule has 1 aromatic heterocycles. The molecule has 128 valence electrons. The first kappa shape index (κ1) is 16.9. The van der Waals surface area contributed by atoms with Gasteiger partial charge in [0, 0.05) is 25.3 Å². The van der Waals surface area contributed by atoms with E-state index in [-0.39, 0.29) is 10.9 Å². The van der Waals surface area contributed by atoms with Crippen LogP contribution in [-0.4, -0.2) is 44.0 Å². The van der Waals surface area contributed by atoms with Gasteiger partial charge in [-0.1, -0.05) is 30.3 Å². The van der Waals surface area contributed by atoms with Crippen molar-refractivity contribution in [3.8, 4) is 0 Å². The number of aromatic nitrogens is 1. The summed E-state index contributed by atoms with van der Waals surface area (Å²) in [5.74, 6) is 0.646. The molecule has 0 aliphatic carbocycles. The standard InChI is InChI=1S/C17H21N3O3S/c1-14(15-5-3-2-4-6-15)19-17-8-7-16(13-18-17)24(21,22)20-9-11-23-12-10-20/h2-8,13-14H,9-12H2,1H3,(H,18,19)/t14-/m1/s1. The van der Waals surface area contributed by atoms with Gasteiger partial charge in [0.05, 0.1) is 13.2 Å². The number of benzene rings is 1. The van der Waals surface area contributed by atoms with Crippen molar-refractivity contribution in [3.63, 3.8) is 0 Å². The van der Waals surface area contributed by atoms with Gasteiger partial charge in [-0.3, -0.25) is 0 Å². The van der Waals surface area contributed by atoms with Gasteiger partial charge in [-0.15, -0.1) is 0 Å². The van der Waals surface area contributed by atoms with Gasteiger partial charge in [0.1, 0.15) is 10.7 Å². The normalized spacial score (nSPS) is 17.4. The summed E-state index contributed by atoms with van der Waals surface area (Å²) < 4.78 is 31.7. The second-order valence-corrected chi connectivity index (χ2v) is 7.61. The van der Waals surface area contributed by atoms with E-state index in [2.05, 4.69) is 10.3 Å². The van der Waals surface area contributed by atoms with Crippen LogP contribution in [0.3, 0.4) is 0 Å². The summed E-state index contributed by atoms with van der Waals surface area (Å²) in [6.45, 7) is 3.66. The summed E-state index contributed by atoms with van der Waals surface area (Å²) in [6, 6.07) is 13.4. The molecular weight excluding hydrogens is 326 g/mol. The van der Waals surface area contributed by atoms with Gasteiger partial charge in [-0.05, 0) is 24.6 Å². The molecule has 0 bridgehead atoms. The Morgan fingerprint density at radius 3 is 2.46 bits per heavy atom. The van der Waals surface area contributed by atoms with Gasteiger partial charge < -0.3 is 10.1 Å². The number of pyridine rings is 1. The van der Waals surface area contributed by atoms with Gasteiger partial charge in [0.2, 0.25) is 10.0 Å². The zero-order valence-electron chi connectivity index (χ0n) is 13.6. The van der Waals surface area contributed by atoms with Crippen LogP contribution in [0.15, 0.2) is 53.6 Å². The molecule has 1 atom stereocenters. The van der Waals surface area contributed by atoms with Crippen LogP contribution in [0, 0.1) is 0 Å². The average molecular weight is 347 g/mol. The van der Waals surface area contributed by atoms with E-state index in [1.165, 1.54) is 10.5 Å². The van der Waals surface area contributed by atoms with Crippen molar-refractivity contribution in [2.24, 2.45) is 0 Å². The van der Waals surface area contributed by atoms with Crippen LogP contribution in [0.4, 0.5) is 5.82 Å². The number of hydrogen-bond donors (Lipinski definition) is 1. The Morgan fingerprint density at radius 1 is 1.12 bits per heavy atom. The molecule has 24 heavy (non-hydrogen) atoms. The van der Waals surface area contributed by atoms with Crippen molar-refractivity contribution in [1.29, 1.82) is 0 Å². The van der Waals surface area contributed by atoms with E-state index in [4.69, 9.17) is 4.74 Å². The largest absolute Gasteiger partial charge is 0.379 e. The fraction of sp³-hybridized carbons (Fsp3) is 0.353. The van der Waals surface area contributed by atoms with E-state index >= 15 is 0 Å². The summed E-state index contributed by atoms with van der Waals surface area (Å²) >= 11 is 0. The second kappa shape index (κ2) is 7.29. The monoisotopic (exact) mass is 347 g/mol. The van der Waals surface area contributed by atoms with E-state index < -0.39 is 10.0 Å². The van der Waals surface area contributed by atoms with Gasteiger partial charge >= 0.3 is 0 Å². The van der Waals surface area contributed by atoms with Crippen molar-refractivity contribution in [3.05, 3.63) is 54.2 Å².